The van der Waals surface area contributed by atoms with E-state index in [1.54, 1.807) is 7.11 Å². The van der Waals surface area contributed by atoms with Crippen molar-refractivity contribution in [3.05, 3.63) is 29.8 Å². The molecule has 0 aromatic heterocycles. The van der Waals surface area contributed by atoms with E-state index >= 15 is 0 Å². The van der Waals surface area contributed by atoms with Crippen LogP contribution in [-0.4, -0.2) is 74.4 Å². The van der Waals surface area contributed by atoms with Crippen LogP contribution in [0.5, 0.6) is 5.75 Å². The van der Waals surface area contributed by atoms with E-state index in [0.29, 0.717) is 0 Å². The first-order chi connectivity index (χ1) is 15.2. The summed E-state index contributed by atoms with van der Waals surface area (Å²) in [4.78, 5) is 7.60. The molecule has 1 aromatic rings. The molecule has 3 rings (SSSR count). The molecule has 1 unspecified atom stereocenters. The number of hydrogen-bond donors (Lipinski definition) is 2. The summed E-state index contributed by atoms with van der Waals surface area (Å²) in [6.45, 7) is 10.8. The van der Waals surface area contributed by atoms with E-state index in [1.807, 2.05) is 17.8 Å². The highest BCUT2D eigenvalue weighted by atomic mass is 32.2. The Morgan fingerprint density at radius 2 is 1.94 bits per heavy atom. The summed E-state index contributed by atoms with van der Waals surface area (Å²) in [6, 6.07) is 8.68. The molecular formula is C24H40N4O2S. The monoisotopic (exact) mass is 448 g/mol. The average Bonchev–Trinajstić information content (AvgIpc) is 3.33. The van der Waals surface area contributed by atoms with Gasteiger partial charge in [-0.05, 0) is 57.5 Å². The molecule has 174 valence electrons. The van der Waals surface area contributed by atoms with Crippen molar-refractivity contribution in [2.45, 2.75) is 50.3 Å². The maximum absolute atomic E-state index is 5.69. The second-order valence-electron chi connectivity index (χ2n) is 8.31. The van der Waals surface area contributed by atoms with Crippen LogP contribution in [0, 0.1) is 0 Å². The number of likely N-dealkylation sites (tertiary alicyclic amines) is 1. The van der Waals surface area contributed by atoms with E-state index in [4.69, 9.17) is 14.5 Å². The molecule has 0 spiro atoms. The van der Waals surface area contributed by atoms with Gasteiger partial charge >= 0.3 is 0 Å². The minimum Gasteiger partial charge on any atom is -0.496 e. The molecular weight excluding hydrogens is 408 g/mol. The molecule has 0 radical (unpaired) electrons. The molecule has 2 fully saturated rings. The van der Waals surface area contributed by atoms with Gasteiger partial charge in [0.2, 0.25) is 0 Å². The van der Waals surface area contributed by atoms with Gasteiger partial charge in [-0.15, -0.1) is 0 Å². The fraction of sp³-hybridized carbons (Fsp3) is 0.708. The number of guanidine groups is 1. The number of hydrogen-bond acceptors (Lipinski definition) is 5. The van der Waals surface area contributed by atoms with E-state index < -0.39 is 0 Å². The van der Waals surface area contributed by atoms with E-state index in [0.717, 1.165) is 76.2 Å². The lowest BCUT2D eigenvalue weighted by atomic mass is 9.99. The second-order valence-corrected chi connectivity index (χ2v) is 10.0. The van der Waals surface area contributed by atoms with Gasteiger partial charge in [-0.2, -0.15) is 11.8 Å². The largest absolute Gasteiger partial charge is 0.496 e. The van der Waals surface area contributed by atoms with Crippen LogP contribution < -0.4 is 15.4 Å². The van der Waals surface area contributed by atoms with E-state index in [2.05, 4.69) is 47.6 Å². The number of ether oxygens (including phenoxy) is 2. The molecule has 2 aliphatic rings. The van der Waals surface area contributed by atoms with Crippen LogP contribution in [0.15, 0.2) is 29.3 Å². The summed E-state index contributed by atoms with van der Waals surface area (Å²) < 4.78 is 11.5. The number of nitrogens with zero attached hydrogens (tertiary/aromatic N) is 2. The first kappa shape index (κ1) is 24.2. The SMILES string of the molecule is CCNC(=NCC1(SCC)CCOCC1)NCC(c1ccccc1OC)N1CCCC1. The second kappa shape index (κ2) is 12.6. The molecule has 7 heteroatoms. The lowest BCUT2D eigenvalue weighted by Gasteiger charge is -2.35. The summed E-state index contributed by atoms with van der Waals surface area (Å²) >= 11 is 2.04. The Bertz CT molecular complexity index is 682. The van der Waals surface area contributed by atoms with Crippen LogP contribution in [0.1, 0.15) is 51.1 Å². The summed E-state index contributed by atoms with van der Waals surface area (Å²) in [5, 5.41) is 7.10. The van der Waals surface area contributed by atoms with Crippen molar-refractivity contribution in [3.8, 4) is 5.75 Å². The van der Waals surface area contributed by atoms with Crippen molar-refractivity contribution in [3.63, 3.8) is 0 Å². The van der Waals surface area contributed by atoms with E-state index in [1.165, 1.54) is 18.4 Å². The number of benzene rings is 1. The Morgan fingerprint density at radius 3 is 2.61 bits per heavy atom. The van der Waals surface area contributed by atoms with Gasteiger partial charge in [-0.1, -0.05) is 25.1 Å². The van der Waals surface area contributed by atoms with Gasteiger partial charge in [0.1, 0.15) is 5.75 Å². The van der Waals surface area contributed by atoms with Crippen molar-refractivity contribution in [1.82, 2.24) is 15.5 Å². The quantitative estimate of drug-likeness (QED) is 0.421. The van der Waals surface area contributed by atoms with E-state index in [9.17, 15) is 0 Å². The highest BCUT2D eigenvalue weighted by Gasteiger charge is 2.32. The van der Waals surface area contributed by atoms with Gasteiger partial charge in [-0.25, -0.2) is 0 Å². The third-order valence-corrected chi connectivity index (χ3v) is 7.70. The summed E-state index contributed by atoms with van der Waals surface area (Å²) in [5.74, 6) is 2.98. The normalized spacial score (nSPS) is 20.4. The predicted molar refractivity (Wildman–Crippen MR) is 131 cm³/mol. The van der Waals surface area contributed by atoms with Crippen molar-refractivity contribution >= 4 is 17.7 Å². The Morgan fingerprint density at radius 1 is 1.19 bits per heavy atom. The van der Waals surface area contributed by atoms with E-state index in [-0.39, 0.29) is 10.8 Å². The topological polar surface area (TPSA) is 58.1 Å². The number of para-hydroxylation sites is 1. The molecule has 2 aliphatic heterocycles. The first-order valence-electron chi connectivity index (χ1n) is 11.8. The molecule has 0 saturated carbocycles. The standard InChI is InChI=1S/C24H40N4O2S/c1-4-25-23(27-19-24(31-5-2)12-16-30-17-13-24)26-18-21(28-14-8-9-15-28)20-10-6-7-11-22(20)29-3/h6-7,10-11,21H,4-5,8-9,12-19H2,1-3H3,(H2,25,26,27). The Labute approximate surface area is 192 Å². The van der Waals surface area contributed by atoms with Gasteiger partial charge in [0, 0.05) is 36.6 Å². The van der Waals surface area contributed by atoms with Gasteiger partial charge < -0.3 is 20.1 Å². The van der Waals surface area contributed by atoms with Crippen LogP contribution in [0.4, 0.5) is 0 Å². The number of rotatable bonds is 10. The zero-order valence-electron chi connectivity index (χ0n) is 19.5. The van der Waals surface area contributed by atoms with Gasteiger partial charge in [0.05, 0.1) is 19.7 Å². The van der Waals surface area contributed by atoms with Crippen molar-refractivity contribution in [2.75, 3.05) is 58.8 Å². The molecule has 2 heterocycles. The van der Waals surface area contributed by atoms with Crippen molar-refractivity contribution in [2.24, 2.45) is 4.99 Å². The van der Waals surface area contributed by atoms with Crippen LogP contribution in [-0.2, 0) is 4.74 Å². The molecule has 1 atom stereocenters. The van der Waals surface area contributed by atoms with Crippen LogP contribution >= 0.6 is 11.8 Å². The Hall–Kier alpha value is -1.44. The zero-order valence-corrected chi connectivity index (χ0v) is 20.3. The molecule has 0 aliphatic carbocycles. The first-order valence-corrected chi connectivity index (χ1v) is 12.8. The van der Waals surface area contributed by atoms with Crippen molar-refractivity contribution < 1.29 is 9.47 Å². The molecule has 0 bridgehead atoms. The lowest BCUT2D eigenvalue weighted by Crippen LogP contribution is -2.44. The Kier molecular flexibility index (Phi) is 9.81. The van der Waals surface area contributed by atoms with Crippen LogP contribution in [0.25, 0.3) is 0 Å². The van der Waals surface area contributed by atoms with Crippen molar-refractivity contribution in [1.29, 1.82) is 0 Å². The molecule has 1 aromatic carbocycles. The number of methoxy groups -OCH3 is 1. The number of aliphatic imine (C=N–C) groups is 1. The maximum atomic E-state index is 5.69. The lowest BCUT2D eigenvalue weighted by molar-refractivity contribution is 0.0793. The summed E-state index contributed by atoms with van der Waals surface area (Å²) in [7, 11) is 1.76. The van der Waals surface area contributed by atoms with Crippen LogP contribution in [0.3, 0.4) is 0 Å². The highest BCUT2D eigenvalue weighted by molar-refractivity contribution is 8.00. The molecule has 31 heavy (non-hydrogen) atoms. The fourth-order valence-electron chi connectivity index (χ4n) is 4.59. The smallest absolute Gasteiger partial charge is 0.191 e. The number of nitrogens with one attached hydrogen (secondary N) is 2. The Balaban J connectivity index is 1.72. The number of thioether (sulfide) groups is 1. The summed E-state index contributed by atoms with van der Waals surface area (Å²) in [5.41, 5.74) is 1.25. The maximum Gasteiger partial charge on any atom is 0.191 e. The van der Waals surface area contributed by atoms with Gasteiger partial charge in [0.15, 0.2) is 5.96 Å². The molecule has 2 saturated heterocycles. The molecule has 0 amide bonds. The molecule has 6 nitrogen and oxygen atoms in total. The molecule has 2 N–H and O–H groups in total. The zero-order chi connectivity index (χ0) is 21.9. The van der Waals surface area contributed by atoms with Gasteiger partial charge in [0.25, 0.3) is 0 Å². The van der Waals surface area contributed by atoms with Crippen LogP contribution in [0.2, 0.25) is 0 Å². The third kappa shape index (κ3) is 6.77. The highest BCUT2D eigenvalue weighted by Crippen LogP contribution is 2.36. The minimum absolute atomic E-state index is 0.201. The third-order valence-electron chi connectivity index (χ3n) is 6.27. The fourth-order valence-corrected chi connectivity index (χ4v) is 5.81. The summed E-state index contributed by atoms with van der Waals surface area (Å²) in [6.07, 6.45) is 4.68. The average molecular weight is 449 g/mol. The minimum atomic E-state index is 0.201. The predicted octanol–water partition coefficient (Wildman–Crippen LogP) is 3.69. The van der Waals surface area contributed by atoms with Gasteiger partial charge in [-0.3, -0.25) is 9.89 Å².